The molecule has 2 aliphatic heterocycles. The Labute approximate surface area is 153 Å². The number of hydrogen-bond acceptors (Lipinski definition) is 3. The lowest BCUT2D eigenvalue weighted by Crippen LogP contribution is -2.44. The number of hydrogen-bond donors (Lipinski definition) is 2. The number of anilines is 2. The minimum Gasteiger partial charge on any atom is -0.376 e. The van der Waals surface area contributed by atoms with Gasteiger partial charge in [0.15, 0.2) is 0 Å². The molecule has 2 aromatic carbocycles. The third-order valence-electron chi connectivity index (χ3n) is 5.27. The van der Waals surface area contributed by atoms with Gasteiger partial charge in [-0.05, 0) is 55.5 Å². The molecule has 0 aliphatic carbocycles. The Morgan fingerprint density at radius 1 is 1.19 bits per heavy atom. The van der Waals surface area contributed by atoms with Crippen molar-refractivity contribution in [3.05, 3.63) is 59.2 Å². The van der Waals surface area contributed by atoms with Gasteiger partial charge in [0.2, 0.25) is 5.91 Å². The van der Waals surface area contributed by atoms with Crippen molar-refractivity contribution in [3.63, 3.8) is 0 Å². The highest BCUT2D eigenvalue weighted by molar-refractivity contribution is 5.99. The highest BCUT2D eigenvalue weighted by atomic mass is 16.2. The maximum absolute atomic E-state index is 12.9. The lowest BCUT2D eigenvalue weighted by atomic mass is 9.96. The molecule has 0 radical (unpaired) electrons. The molecule has 2 N–H and O–H groups in total. The van der Waals surface area contributed by atoms with Crippen molar-refractivity contribution in [2.75, 3.05) is 23.3 Å². The van der Waals surface area contributed by atoms with Crippen LogP contribution in [0.25, 0.3) is 0 Å². The maximum Gasteiger partial charge on any atom is 0.251 e. The number of benzene rings is 2. The number of aryl methyl sites for hydroxylation is 1. The summed E-state index contributed by atoms with van der Waals surface area (Å²) in [5.74, 6) is 0.00614. The summed E-state index contributed by atoms with van der Waals surface area (Å²) < 4.78 is 0. The molecule has 0 spiro atoms. The molecular formula is C21H23N3O2. The molecule has 2 amide bonds. The van der Waals surface area contributed by atoms with Crippen LogP contribution in [0.15, 0.2) is 42.5 Å². The van der Waals surface area contributed by atoms with Crippen molar-refractivity contribution in [2.24, 2.45) is 0 Å². The number of carbonyl (C=O) groups is 2. The van der Waals surface area contributed by atoms with Crippen LogP contribution >= 0.6 is 0 Å². The number of nitrogens with one attached hydrogen (secondary N) is 2. The first-order chi connectivity index (χ1) is 12.6. The first-order valence-corrected chi connectivity index (χ1v) is 9.18. The fourth-order valence-corrected chi connectivity index (χ4v) is 3.85. The second-order valence-electron chi connectivity index (χ2n) is 7.01. The molecule has 26 heavy (non-hydrogen) atoms. The van der Waals surface area contributed by atoms with Gasteiger partial charge in [-0.2, -0.15) is 0 Å². The summed E-state index contributed by atoms with van der Waals surface area (Å²) in [5.41, 5.74) is 4.80. The number of rotatable bonds is 3. The van der Waals surface area contributed by atoms with Gasteiger partial charge in [-0.15, -0.1) is 0 Å². The second kappa shape index (κ2) is 6.83. The Morgan fingerprint density at radius 2 is 2.04 bits per heavy atom. The van der Waals surface area contributed by atoms with Crippen LogP contribution < -0.4 is 15.5 Å². The summed E-state index contributed by atoms with van der Waals surface area (Å²) in [7, 11) is 0. The van der Waals surface area contributed by atoms with Gasteiger partial charge >= 0.3 is 0 Å². The van der Waals surface area contributed by atoms with Gasteiger partial charge in [0.05, 0.1) is 6.54 Å². The predicted octanol–water partition coefficient (Wildman–Crippen LogP) is 2.75. The van der Waals surface area contributed by atoms with Gasteiger partial charge in [-0.25, -0.2) is 0 Å². The average Bonchev–Trinajstić information content (AvgIpc) is 2.66. The topological polar surface area (TPSA) is 61.4 Å². The molecule has 134 valence electrons. The quantitative estimate of drug-likeness (QED) is 0.896. The van der Waals surface area contributed by atoms with Gasteiger partial charge < -0.3 is 15.5 Å². The van der Waals surface area contributed by atoms with E-state index in [9.17, 15) is 9.59 Å². The Balaban J connectivity index is 1.49. The third kappa shape index (κ3) is 3.05. The standard InChI is InChI=1S/C21H23N3O2/c1-14-6-7-16-4-2-3-5-19(16)24(14)20(25)13-23-17-9-8-15-10-11-22-21(26)18(15)12-17/h2-5,8-9,12,14,23H,6-7,10-11,13H2,1H3,(H,22,26). The number of fused-ring (bicyclic) bond motifs is 2. The van der Waals surface area contributed by atoms with Crippen LogP contribution in [0.5, 0.6) is 0 Å². The second-order valence-corrected chi connectivity index (χ2v) is 7.01. The molecule has 1 atom stereocenters. The van der Waals surface area contributed by atoms with Gasteiger partial charge in [0.25, 0.3) is 5.91 Å². The van der Waals surface area contributed by atoms with E-state index in [1.807, 2.05) is 41.3 Å². The zero-order valence-corrected chi connectivity index (χ0v) is 14.9. The fraction of sp³-hybridized carbons (Fsp3) is 0.333. The molecule has 2 heterocycles. The molecule has 4 rings (SSSR count). The molecule has 2 aromatic rings. The first kappa shape index (κ1) is 16.6. The normalized spacial score (nSPS) is 18.6. The summed E-state index contributed by atoms with van der Waals surface area (Å²) in [6.45, 7) is 2.99. The molecule has 5 heteroatoms. The maximum atomic E-state index is 12.9. The molecule has 1 unspecified atom stereocenters. The monoisotopic (exact) mass is 349 g/mol. The SMILES string of the molecule is CC1CCc2ccccc2N1C(=O)CNc1ccc2c(c1)C(=O)NCC2. The van der Waals surface area contributed by atoms with Crippen LogP contribution in [0.3, 0.4) is 0 Å². The van der Waals surface area contributed by atoms with Crippen LogP contribution in [0, 0.1) is 0 Å². The van der Waals surface area contributed by atoms with E-state index < -0.39 is 0 Å². The first-order valence-electron chi connectivity index (χ1n) is 9.18. The summed E-state index contributed by atoms with van der Waals surface area (Å²) in [4.78, 5) is 26.8. The number of nitrogens with zero attached hydrogens (tertiary/aromatic N) is 1. The van der Waals surface area contributed by atoms with E-state index in [4.69, 9.17) is 0 Å². The Bertz CT molecular complexity index is 862. The van der Waals surface area contributed by atoms with Gasteiger partial charge in [0, 0.05) is 29.5 Å². The minimum atomic E-state index is -0.0418. The predicted molar refractivity (Wildman–Crippen MR) is 103 cm³/mol. The molecule has 0 aromatic heterocycles. The van der Waals surface area contributed by atoms with E-state index in [0.717, 1.165) is 36.2 Å². The molecule has 0 saturated heterocycles. The van der Waals surface area contributed by atoms with Crippen molar-refractivity contribution in [1.82, 2.24) is 5.32 Å². The molecular weight excluding hydrogens is 326 g/mol. The van der Waals surface area contributed by atoms with Crippen LogP contribution in [0.2, 0.25) is 0 Å². The molecule has 0 saturated carbocycles. The van der Waals surface area contributed by atoms with Crippen molar-refractivity contribution >= 4 is 23.2 Å². The van der Waals surface area contributed by atoms with Gasteiger partial charge in [-0.1, -0.05) is 24.3 Å². The fourth-order valence-electron chi connectivity index (χ4n) is 3.85. The number of amides is 2. The van der Waals surface area contributed by atoms with Crippen molar-refractivity contribution in [3.8, 4) is 0 Å². The average molecular weight is 349 g/mol. The van der Waals surface area contributed by atoms with E-state index in [-0.39, 0.29) is 24.4 Å². The van der Waals surface area contributed by atoms with Crippen LogP contribution in [-0.4, -0.2) is 30.9 Å². The zero-order valence-electron chi connectivity index (χ0n) is 14.9. The molecule has 5 nitrogen and oxygen atoms in total. The van der Waals surface area contributed by atoms with Crippen molar-refractivity contribution in [1.29, 1.82) is 0 Å². The Hall–Kier alpha value is -2.82. The van der Waals surface area contributed by atoms with E-state index in [1.165, 1.54) is 5.56 Å². The van der Waals surface area contributed by atoms with E-state index in [0.29, 0.717) is 12.1 Å². The van der Waals surface area contributed by atoms with Crippen molar-refractivity contribution < 1.29 is 9.59 Å². The minimum absolute atomic E-state index is 0.0418. The van der Waals surface area contributed by atoms with E-state index in [2.05, 4.69) is 23.6 Å². The van der Waals surface area contributed by atoms with Gasteiger partial charge in [0.1, 0.15) is 0 Å². The highest BCUT2D eigenvalue weighted by Gasteiger charge is 2.27. The lowest BCUT2D eigenvalue weighted by Gasteiger charge is -2.35. The zero-order chi connectivity index (χ0) is 18.1. The number of carbonyl (C=O) groups excluding carboxylic acids is 2. The van der Waals surface area contributed by atoms with Crippen LogP contribution in [0.1, 0.15) is 34.8 Å². The highest BCUT2D eigenvalue weighted by Crippen LogP contribution is 2.30. The molecule has 0 bridgehead atoms. The molecule has 0 fully saturated rings. The summed E-state index contributed by atoms with van der Waals surface area (Å²) in [5, 5.41) is 6.05. The molecule has 2 aliphatic rings. The lowest BCUT2D eigenvalue weighted by molar-refractivity contribution is -0.117. The summed E-state index contributed by atoms with van der Waals surface area (Å²) in [6, 6.07) is 14.1. The van der Waals surface area contributed by atoms with Crippen LogP contribution in [0.4, 0.5) is 11.4 Å². The van der Waals surface area contributed by atoms with Gasteiger partial charge in [-0.3, -0.25) is 9.59 Å². The Morgan fingerprint density at radius 3 is 2.92 bits per heavy atom. The van der Waals surface area contributed by atoms with E-state index >= 15 is 0 Å². The largest absolute Gasteiger partial charge is 0.376 e. The summed E-state index contributed by atoms with van der Waals surface area (Å²) in [6.07, 6.45) is 2.83. The van der Waals surface area contributed by atoms with Crippen LogP contribution in [-0.2, 0) is 17.6 Å². The Kier molecular flexibility index (Phi) is 4.37. The smallest absolute Gasteiger partial charge is 0.251 e. The number of para-hydroxylation sites is 1. The van der Waals surface area contributed by atoms with Crippen molar-refractivity contribution in [2.45, 2.75) is 32.2 Å². The summed E-state index contributed by atoms with van der Waals surface area (Å²) >= 11 is 0. The third-order valence-corrected chi connectivity index (χ3v) is 5.27. The van der Waals surface area contributed by atoms with E-state index in [1.54, 1.807) is 0 Å².